The maximum Gasteiger partial charge on any atom is 0.286 e. The third-order valence-electron chi connectivity index (χ3n) is 8.70. The Labute approximate surface area is 247 Å². The molecule has 2 aliphatic carbocycles. The average Bonchev–Trinajstić information content (AvgIpc) is 3.60. The van der Waals surface area contributed by atoms with Crippen molar-refractivity contribution in [3.05, 3.63) is 89.7 Å². The summed E-state index contributed by atoms with van der Waals surface area (Å²) in [7, 11) is -8.46. The number of halogens is 1. The molecule has 2 fully saturated rings. The second kappa shape index (κ2) is 9.88. The van der Waals surface area contributed by atoms with Gasteiger partial charge in [-0.15, -0.1) is 4.40 Å². The lowest BCUT2D eigenvalue weighted by molar-refractivity contribution is -0.134. The number of aromatic nitrogens is 1. The Hall–Kier alpha value is -4.30. The van der Waals surface area contributed by atoms with Crippen LogP contribution in [-0.2, 0) is 31.4 Å². The van der Waals surface area contributed by atoms with Gasteiger partial charge >= 0.3 is 0 Å². The fourth-order valence-corrected chi connectivity index (χ4v) is 9.05. The van der Waals surface area contributed by atoms with Crippen LogP contribution in [0.3, 0.4) is 0 Å². The van der Waals surface area contributed by atoms with Crippen molar-refractivity contribution in [2.45, 2.75) is 41.6 Å². The number of aliphatic hydroxyl groups excluding tert-OH is 1. The zero-order valence-electron chi connectivity index (χ0n) is 22.5. The lowest BCUT2D eigenvalue weighted by Gasteiger charge is -2.44. The molecule has 2 bridgehead atoms. The summed E-state index contributed by atoms with van der Waals surface area (Å²) < 4.78 is 72.1. The van der Waals surface area contributed by atoms with Gasteiger partial charge in [0.1, 0.15) is 26.9 Å². The Bertz CT molecular complexity index is 1930. The van der Waals surface area contributed by atoms with Crippen LogP contribution in [0, 0.1) is 23.6 Å². The lowest BCUT2D eigenvalue weighted by Crippen LogP contribution is -2.53. The highest BCUT2D eigenvalue weighted by Crippen LogP contribution is 2.55. The van der Waals surface area contributed by atoms with Crippen LogP contribution in [0.5, 0.6) is 0 Å². The van der Waals surface area contributed by atoms with Crippen molar-refractivity contribution in [1.29, 1.82) is 0 Å². The van der Waals surface area contributed by atoms with Crippen molar-refractivity contribution in [3.8, 4) is 0 Å². The molecule has 0 spiro atoms. The zero-order valence-corrected chi connectivity index (χ0v) is 24.1. The topological polar surface area (TPSA) is 158 Å². The molecule has 4 aliphatic rings. The second-order valence-corrected chi connectivity index (χ2v) is 14.5. The van der Waals surface area contributed by atoms with Gasteiger partial charge in [0.05, 0.1) is 11.4 Å². The van der Waals surface area contributed by atoms with Gasteiger partial charge in [-0.1, -0.05) is 12.1 Å². The molecule has 1 amide bonds. The van der Waals surface area contributed by atoms with Crippen LogP contribution in [0.4, 0.5) is 15.8 Å². The van der Waals surface area contributed by atoms with Gasteiger partial charge in [0.15, 0.2) is 5.84 Å². The number of fused-ring (bicyclic) bond motifs is 6. The van der Waals surface area contributed by atoms with Crippen molar-refractivity contribution in [2.75, 3.05) is 10.0 Å². The van der Waals surface area contributed by atoms with Crippen molar-refractivity contribution < 1.29 is 31.1 Å². The summed E-state index contributed by atoms with van der Waals surface area (Å²) in [4.78, 5) is 19.1. The van der Waals surface area contributed by atoms with Gasteiger partial charge < -0.3 is 15.3 Å². The Balaban J connectivity index is 1.24. The molecule has 2 saturated carbocycles. The van der Waals surface area contributed by atoms with E-state index in [2.05, 4.69) is 19.4 Å². The molecule has 3 heterocycles. The minimum Gasteiger partial charge on any atom is -0.511 e. The molecule has 3 N–H and O–H groups in total. The van der Waals surface area contributed by atoms with Crippen LogP contribution in [0.1, 0.15) is 24.8 Å². The number of carbonyl (C=O) groups is 1. The Morgan fingerprint density at radius 1 is 1.09 bits per heavy atom. The van der Waals surface area contributed by atoms with E-state index in [-0.39, 0.29) is 68.7 Å². The van der Waals surface area contributed by atoms with E-state index in [0.717, 1.165) is 31.5 Å². The molecule has 222 valence electrons. The highest BCUT2D eigenvalue weighted by atomic mass is 32.2. The SMILES string of the molecule is O=C1C(C2=NS(=O)(=O)c3cc(NS(=O)(=O)c4cccnc4)ccc3N2)=C(O)C2C([C@@H]3CC[C@H]2C3)N1Cc1ccc(F)cc1. The third-order valence-corrected chi connectivity index (χ3v) is 11.4. The van der Waals surface area contributed by atoms with Gasteiger partial charge in [-0.05, 0) is 79.1 Å². The number of sulfonamides is 2. The monoisotopic (exact) mass is 623 g/mol. The molecule has 2 unspecified atom stereocenters. The van der Waals surface area contributed by atoms with E-state index in [1.807, 2.05) is 0 Å². The Morgan fingerprint density at radius 2 is 1.86 bits per heavy atom. The first-order chi connectivity index (χ1) is 20.5. The molecule has 7 rings (SSSR count). The number of benzene rings is 2. The number of hydrogen-bond donors (Lipinski definition) is 3. The maximum atomic E-state index is 14.0. The van der Waals surface area contributed by atoms with E-state index in [1.54, 1.807) is 17.0 Å². The van der Waals surface area contributed by atoms with E-state index >= 15 is 0 Å². The molecule has 14 heteroatoms. The van der Waals surface area contributed by atoms with E-state index in [0.29, 0.717) is 5.56 Å². The fourth-order valence-electron chi connectivity index (χ4n) is 6.89. The third kappa shape index (κ3) is 4.65. The number of nitrogens with zero attached hydrogens (tertiary/aromatic N) is 3. The summed E-state index contributed by atoms with van der Waals surface area (Å²) in [5.41, 5.74) is 0.543. The number of aliphatic hydroxyl groups is 1. The lowest BCUT2D eigenvalue weighted by atomic mass is 9.77. The first kappa shape index (κ1) is 27.5. The number of hydrogen-bond acceptors (Lipinski definition) is 8. The number of nitrogens with one attached hydrogen (secondary N) is 2. The first-order valence-corrected chi connectivity index (χ1v) is 16.6. The van der Waals surface area contributed by atoms with Crippen LogP contribution < -0.4 is 10.0 Å². The van der Waals surface area contributed by atoms with Gasteiger partial charge in [-0.3, -0.25) is 14.5 Å². The average molecular weight is 624 g/mol. The highest BCUT2D eigenvalue weighted by Gasteiger charge is 2.57. The van der Waals surface area contributed by atoms with Crippen molar-refractivity contribution >= 4 is 43.2 Å². The van der Waals surface area contributed by atoms with E-state index in [1.165, 1.54) is 42.6 Å². The van der Waals surface area contributed by atoms with E-state index in [4.69, 9.17) is 0 Å². The van der Waals surface area contributed by atoms with Crippen LogP contribution in [-0.4, -0.2) is 49.6 Å². The Kier molecular flexibility index (Phi) is 6.32. The smallest absolute Gasteiger partial charge is 0.286 e. The minimum absolute atomic E-state index is 0.0160. The van der Waals surface area contributed by atoms with Crippen molar-refractivity contribution in [2.24, 2.45) is 22.2 Å². The van der Waals surface area contributed by atoms with Gasteiger partial charge in [-0.2, -0.15) is 8.42 Å². The number of amidine groups is 1. The van der Waals surface area contributed by atoms with Gasteiger partial charge in [0, 0.05) is 30.9 Å². The largest absolute Gasteiger partial charge is 0.511 e. The summed E-state index contributed by atoms with van der Waals surface area (Å²) in [5.74, 6) is -1.49. The highest BCUT2D eigenvalue weighted by molar-refractivity contribution is 7.92. The number of anilines is 2. The second-order valence-electron chi connectivity index (χ2n) is 11.2. The fraction of sp³-hybridized carbons (Fsp3) is 0.276. The number of amides is 1. The normalized spacial score (nSPS) is 25.6. The molecule has 43 heavy (non-hydrogen) atoms. The molecule has 0 saturated heterocycles. The molecule has 0 radical (unpaired) electrons. The summed E-state index contributed by atoms with van der Waals surface area (Å²) in [6.45, 7) is 0.164. The van der Waals surface area contributed by atoms with E-state index in [9.17, 15) is 31.1 Å². The maximum absolute atomic E-state index is 14.0. The summed E-state index contributed by atoms with van der Waals surface area (Å²) in [6.07, 6.45) is 5.25. The van der Waals surface area contributed by atoms with Crippen LogP contribution >= 0.6 is 0 Å². The molecular weight excluding hydrogens is 597 g/mol. The molecule has 2 aliphatic heterocycles. The molecule has 2 aromatic carbocycles. The molecule has 4 atom stereocenters. The summed E-state index contributed by atoms with van der Waals surface area (Å²) in [5, 5.41) is 14.4. The summed E-state index contributed by atoms with van der Waals surface area (Å²) in [6, 6.07) is 12.3. The number of pyridine rings is 1. The standard InChI is InChI=1S/C29H26FN5O6S2/c30-19-7-3-16(4-8-19)15-35-26-18-6-5-17(12-18)24(26)27(36)25(29(35)37)28-32-22-10-9-20(13-23(22)43(40,41)34-28)33-42(38,39)21-2-1-11-31-14-21/h1-4,7-11,13-14,17-18,24,26,33,36H,5-6,12,15H2,(H,32,34)/t17-,18+,24?,26?/m0/s1. The van der Waals surface area contributed by atoms with Gasteiger partial charge in [0.2, 0.25) is 0 Å². The minimum atomic E-state index is -4.42. The Morgan fingerprint density at radius 3 is 2.60 bits per heavy atom. The van der Waals surface area contributed by atoms with Crippen LogP contribution in [0.25, 0.3) is 0 Å². The van der Waals surface area contributed by atoms with Crippen molar-refractivity contribution in [1.82, 2.24) is 9.88 Å². The van der Waals surface area contributed by atoms with Crippen LogP contribution in [0.2, 0.25) is 0 Å². The molecule has 1 aromatic heterocycles. The summed E-state index contributed by atoms with van der Waals surface area (Å²) >= 11 is 0. The predicted molar refractivity (Wildman–Crippen MR) is 154 cm³/mol. The zero-order chi connectivity index (χ0) is 30.1. The van der Waals surface area contributed by atoms with Gasteiger partial charge in [0.25, 0.3) is 26.0 Å². The molecular formula is C29H26FN5O6S2. The van der Waals surface area contributed by atoms with Crippen LogP contribution in [0.15, 0.2) is 92.5 Å². The first-order valence-electron chi connectivity index (χ1n) is 13.7. The van der Waals surface area contributed by atoms with Crippen molar-refractivity contribution in [3.63, 3.8) is 0 Å². The van der Waals surface area contributed by atoms with E-state index < -0.39 is 31.8 Å². The predicted octanol–water partition coefficient (Wildman–Crippen LogP) is 3.80. The quantitative estimate of drug-likeness (QED) is 0.374. The number of rotatable bonds is 6. The molecule has 11 nitrogen and oxygen atoms in total. The van der Waals surface area contributed by atoms with Gasteiger partial charge in [-0.25, -0.2) is 12.8 Å². The number of carbonyl (C=O) groups excluding carboxylic acids is 1. The molecule has 3 aromatic rings.